The molecule has 0 spiro atoms. The van der Waals surface area contributed by atoms with Crippen molar-refractivity contribution < 1.29 is 19.3 Å². The van der Waals surface area contributed by atoms with Crippen LogP contribution in [0.15, 0.2) is 12.1 Å². The van der Waals surface area contributed by atoms with E-state index in [2.05, 4.69) is 0 Å². The van der Waals surface area contributed by atoms with Gasteiger partial charge >= 0.3 is 0 Å². The van der Waals surface area contributed by atoms with Crippen LogP contribution < -0.4 is 20.1 Å². The molecule has 0 radical (unpaired) electrons. The number of hydrogen-bond acceptors (Lipinski definition) is 6. The summed E-state index contributed by atoms with van der Waals surface area (Å²) in [5, 5.41) is 9.75. The summed E-state index contributed by atoms with van der Waals surface area (Å²) < 4.78 is 15.9. The van der Waals surface area contributed by atoms with Crippen molar-refractivity contribution in [2.75, 3.05) is 51.2 Å². The van der Waals surface area contributed by atoms with Crippen LogP contribution in [0.4, 0.5) is 11.4 Å². The second-order valence-corrected chi connectivity index (χ2v) is 4.54. The van der Waals surface area contributed by atoms with Crippen LogP contribution in [0.25, 0.3) is 0 Å². The molecule has 3 N–H and O–H groups in total. The standard InChI is InChI=1S/C13H20N2O4/c1-15(7-9(16)8-17-2)11-6-13-12(5-10(11)14)18-3-4-19-13/h5-6,9,16H,3-4,7-8,14H2,1-2H3. The quantitative estimate of drug-likeness (QED) is 0.757. The predicted octanol–water partition coefficient (Wildman–Crippen LogP) is 0.484. The lowest BCUT2D eigenvalue weighted by Gasteiger charge is -2.26. The lowest BCUT2D eigenvalue weighted by atomic mass is 10.2. The number of nitrogens with two attached hydrogens (primary N) is 1. The van der Waals surface area contributed by atoms with E-state index in [0.717, 1.165) is 5.69 Å². The fourth-order valence-corrected chi connectivity index (χ4v) is 2.08. The maximum Gasteiger partial charge on any atom is 0.163 e. The van der Waals surface area contributed by atoms with Gasteiger partial charge in [0.15, 0.2) is 11.5 Å². The lowest BCUT2D eigenvalue weighted by Crippen LogP contribution is -2.32. The summed E-state index contributed by atoms with van der Waals surface area (Å²) in [5.74, 6) is 1.35. The van der Waals surface area contributed by atoms with Crippen LogP contribution in [0.3, 0.4) is 0 Å². The molecule has 0 fully saturated rings. The van der Waals surface area contributed by atoms with Crippen LogP contribution in [-0.4, -0.2) is 51.7 Å². The summed E-state index contributed by atoms with van der Waals surface area (Å²) in [5.41, 5.74) is 7.40. The number of ether oxygens (including phenoxy) is 3. The van der Waals surface area contributed by atoms with Gasteiger partial charge in [0.1, 0.15) is 13.2 Å². The van der Waals surface area contributed by atoms with E-state index in [1.54, 1.807) is 13.2 Å². The summed E-state index contributed by atoms with van der Waals surface area (Å²) >= 11 is 0. The number of fused-ring (bicyclic) bond motifs is 1. The van der Waals surface area contributed by atoms with Crippen molar-refractivity contribution >= 4 is 11.4 Å². The second kappa shape index (κ2) is 5.99. The summed E-state index contributed by atoms with van der Waals surface area (Å²) in [4.78, 5) is 1.87. The fourth-order valence-electron chi connectivity index (χ4n) is 2.08. The molecule has 19 heavy (non-hydrogen) atoms. The molecule has 0 bridgehead atoms. The third-order valence-corrected chi connectivity index (χ3v) is 2.95. The van der Waals surface area contributed by atoms with Gasteiger partial charge in [0, 0.05) is 32.8 Å². The topological polar surface area (TPSA) is 77.2 Å². The van der Waals surface area contributed by atoms with Crippen LogP contribution in [0.1, 0.15) is 0 Å². The number of hydrogen-bond donors (Lipinski definition) is 2. The number of aliphatic hydroxyl groups excluding tert-OH is 1. The molecule has 1 aliphatic heterocycles. The van der Waals surface area contributed by atoms with Gasteiger partial charge in [-0.15, -0.1) is 0 Å². The second-order valence-electron chi connectivity index (χ2n) is 4.54. The summed E-state index contributed by atoms with van der Waals surface area (Å²) in [6.45, 7) is 1.78. The normalized spacial score (nSPS) is 15.1. The van der Waals surface area contributed by atoms with E-state index in [1.807, 2.05) is 18.0 Å². The molecule has 0 aliphatic carbocycles. The number of aliphatic hydroxyl groups is 1. The van der Waals surface area contributed by atoms with E-state index in [-0.39, 0.29) is 6.61 Å². The zero-order chi connectivity index (χ0) is 13.8. The molecule has 1 aliphatic rings. The van der Waals surface area contributed by atoms with E-state index in [9.17, 15) is 5.11 Å². The molecule has 1 aromatic rings. The maximum absolute atomic E-state index is 9.75. The highest BCUT2D eigenvalue weighted by Crippen LogP contribution is 2.38. The van der Waals surface area contributed by atoms with E-state index in [0.29, 0.717) is 36.9 Å². The molecule has 2 rings (SSSR count). The Morgan fingerprint density at radius 2 is 2.00 bits per heavy atom. The number of nitrogen functional groups attached to an aromatic ring is 1. The van der Waals surface area contributed by atoms with Gasteiger partial charge in [0.2, 0.25) is 0 Å². The van der Waals surface area contributed by atoms with Gasteiger partial charge in [-0.25, -0.2) is 0 Å². The first-order chi connectivity index (χ1) is 9.11. The Morgan fingerprint density at radius 3 is 2.63 bits per heavy atom. The van der Waals surface area contributed by atoms with Crippen molar-refractivity contribution in [1.29, 1.82) is 0 Å². The van der Waals surface area contributed by atoms with Crippen molar-refractivity contribution in [3.05, 3.63) is 12.1 Å². The molecule has 1 unspecified atom stereocenters. The third kappa shape index (κ3) is 3.21. The Morgan fingerprint density at radius 1 is 1.37 bits per heavy atom. The first kappa shape index (κ1) is 13.8. The van der Waals surface area contributed by atoms with Crippen molar-refractivity contribution in [1.82, 2.24) is 0 Å². The largest absolute Gasteiger partial charge is 0.486 e. The minimum Gasteiger partial charge on any atom is -0.486 e. The number of rotatable bonds is 5. The Hall–Kier alpha value is -1.66. The number of likely N-dealkylation sites (N-methyl/N-ethyl adjacent to an activating group) is 1. The van der Waals surface area contributed by atoms with Crippen molar-refractivity contribution in [3.63, 3.8) is 0 Å². The number of nitrogens with zero attached hydrogens (tertiary/aromatic N) is 1. The van der Waals surface area contributed by atoms with Gasteiger partial charge in [-0.1, -0.05) is 0 Å². The first-order valence-corrected chi connectivity index (χ1v) is 6.19. The van der Waals surface area contributed by atoms with Gasteiger partial charge in [0.05, 0.1) is 24.1 Å². The Labute approximate surface area is 112 Å². The average molecular weight is 268 g/mol. The predicted molar refractivity (Wildman–Crippen MR) is 73.0 cm³/mol. The Bertz CT molecular complexity index is 439. The molecule has 0 saturated carbocycles. The summed E-state index contributed by atoms with van der Waals surface area (Å²) in [7, 11) is 3.42. The summed E-state index contributed by atoms with van der Waals surface area (Å²) in [6, 6.07) is 3.59. The maximum atomic E-state index is 9.75. The highest BCUT2D eigenvalue weighted by Gasteiger charge is 2.18. The molecular weight excluding hydrogens is 248 g/mol. The van der Waals surface area contributed by atoms with Gasteiger partial charge in [-0.05, 0) is 0 Å². The SMILES string of the molecule is COCC(O)CN(C)c1cc2c(cc1N)OCCO2. The molecule has 6 nitrogen and oxygen atoms in total. The molecule has 0 saturated heterocycles. The zero-order valence-electron chi connectivity index (χ0n) is 11.3. The summed E-state index contributed by atoms with van der Waals surface area (Å²) in [6.07, 6.45) is -0.567. The van der Waals surface area contributed by atoms with E-state index in [4.69, 9.17) is 19.9 Å². The first-order valence-electron chi connectivity index (χ1n) is 6.19. The fraction of sp³-hybridized carbons (Fsp3) is 0.538. The van der Waals surface area contributed by atoms with Crippen LogP contribution in [0.5, 0.6) is 11.5 Å². The number of anilines is 2. The minimum absolute atomic E-state index is 0.287. The highest BCUT2D eigenvalue weighted by molar-refractivity contribution is 5.73. The molecule has 1 heterocycles. The van der Waals surface area contributed by atoms with Crippen LogP contribution in [0, 0.1) is 0 Å². The smallest absolute Gasteiger partial charge is 0.163 e. The average Bonchev–Trinajstić information content (AvgIpc) is 2.38. The van der Waals surface area contributed by atoms with E-state index in [1.165, 1.54) is 0 Å². The van der Waals surface area contributed by atoms with Gasteiger partial charge in [-0.2, -0.15) is 0 Å². The van der Waals surface area contributed by atoms with E-state index >= 15 is 0 Å². The molecule has 1 aromatic carbocycles. The Balaban J connectivity index is 2.14. The van der Waals surface area contributed by atoms with Gasteiger partial charge in [0.25, 0.3) is 0 Å². The van der Waals surface area contributed by atoms with E-state index < -0.39 is 6.10 Å². The van der Waals surface area contributed by atoms with Crippen LogP contribution in [-0.2, 0) is 4.74 Å². The number of methoxy groups -OCH3 is 1. The molecule has 1 atom stereocenters. The minimum atomic E-state index is -0.567. The zero-order valence-corrected chi connectivity index (χ0v) is 11.3. The number of benzene rings is 1. The van der Waals surface area contributed by atoms with Crippen molar-refractivity contribution in [2.45, 2.75) is 6.10 Å². The molecule has 0 aromatic heterocycles. The van der Waals surface area contributed by atoms with Crippen LogP contribution >= 0.6 is 0 Å². The monoisotopic (exact) mass is 268 g/mol. The molecule has 0 amide bonds. The molecule has 106 valence electrons. The third-order valence-electron chi connectivity index (χ3n) is 2.95. The van der Waals surface area contributed by atoms with Gasteiger partial charge < -0.3 is 30.0 Å². The van der Waals surface area contributed by atoms with Crippen molar-refractivity contribution in [2.24, 2.45) is 0 Å². The van der Waals surface area contributed by atoms with Gasteiger partial charge in [-0.3, -0.25) is 0 Å². The molecule has 6 heteroatoms. The highest BCUT2D eigenvalue weighted by atomic mass is 16.6. The lowest BCUT2D eigenvalue weighted by molar-refractivity contribution is 0.0695. The Kier molecular flexibility index (Phi) is 4.34. The molecular formula is C13H20N2O4. The van der Waals surface area contributed by atoms with Crippen molar-refractivity contribution in [3.8, 4) is 11.5 Å². The van der Waals surface area contributed by atoms with Crippen LogP contribution in [0.2, 0.25) is 0 Å².